The predicted molar refractivity (Wildman–Crippen MR) is 56.7 cm³/mol. The zero-order valence-corrected chi connectivity index (χ0v) is 8.41. The largest absolute Gasteiger partial charge is 0.396 e. The van der Waals surface area contributed by atoms with Crippen molar-refractivity contribution < 1.29 is 0 Å². The third-order valence-electron chi connectivity index (χ3n) is 2.04. The van der Waals surface area contributed by atoms with Crippen LogP contribution in [0.2, 0.25) is 0 Å². The second-order valence-corrected chi connectivity index (χ2v) is 3.23. The molecular weight excluding hydrogens is 176 g/mol. The fraction of sp³-hybridized carbons (Fsp3) is 0.400. The van der Waals surface area contributed by atoms with E-state index in [0.29, 0.717) is 23.1 Å². The van der Waals surface area contributed by atoms with Crippen LogP contribution in [0.1, 0.15) is 25.8 Å². The highest BCUT2D eigenvalue weighted by atomic mass is 15.0. The maximum absolute atomic E-state index is 8.62. The third kappa shape index (κ3) is 2.36. The molecule has 1 aromatic rings. The molecule has 1 heterocycles. The lowest BCUT2D eigenvalue weighted by Crippen LogP contribution is -2.15. The molecule has 0 aliphatic rings. The van der Waals surface area contributed by atoms with Gasteiger partial charge in [0.05, 0.1) is 11.3 Å². The molecule has 1 unspecified atom stereocenters. The summed E-state index contributed by atoms with van der Waals surface area (Å²) in [6.07, 6.45) is 2.52. The maximum atomic E-state index is 8.62. The minimum atomic E-state index is 0.331. The van der Waals surface area contributed by atoms with Crippen molar-refractivity contribution in [3.05, 3.63) is 17.8 Å². The SMILES string of the molecule is CCC(C)Nc1ncc(C#N)cc1N. The Morgan fingerprint density at radius 1 is 1.71 bits per heavy atom. The smallest absolute Gasteiger partial charge is 0.149 e. The second kappa shape index (κ2) is 4.47. The molecule has 0 aliphatic heterocycles. The monoisotopic (exact) mass is 190 g/mol. The highest BCUT2D eigenvalue weighted by molar-refractivity contribution is 5.63. The van der Waals surface area contributed by atoms with Crippen LogP contribution in [0.3, 0.4) is 0 Å². The predicted octanol–water partition coefficient (Wildman–Crippen LogP) is 1.75. The minimum absolute atomic E-state index is 0.331. The van der Waals surface area contributed by atoms with E-state index in [1.54, 1.807) is 6.07 Å². The summed E-state index contributed by atoms with van der Waals surface area (Å²) in [5.41, 5.74) is 6.73. The standard InChI is InChI=1S/C10H14N4/c1-3-7(2)14-10-9(12)4-8(5-11)6-13-10/h4,6-7H,3,12H2,1-2H3,(H,13,14). The lowest BCUT2D eigenvalue weighted by atomic mass is 10.2. The van der Waals surface area contributed by atoms with Crippen molar-refractivity contribution in [2.75, 3.05) is 11.1 Å². The summed E-state index contributed by atoms with van der Waals surface area (Å²) in [5.74, 6) is 0.651. The van der Waals surface area contributed by atoms with Crippen molar-refractivity contribution in [2.45, 2.75) is 26.3 Å². The molecule has 4 nitrogen and oxygen atoms in total. The molecule has 0 aliphatic carbocycles. The zero-order chi connectivity index (χ0) is 10.6. The first-order valence-corrected chi connectivity index (χ1v) is 4.59. The molecule has 4 heteroatoms. The van der Waals surface area contributed by atoms with Crippen LogP contribution in [0.15, 0.2) is 12.3 Å². The first-order valence-electron chi connectivity index (χ1n) is 4.59. The first-order chi connectivity index (χ1) is 6.67. The van der Waals surface area contributed by atoms with Gasteiger partial charge in [0.25, 0.3) is 0 Å². The van der Waals surface area contributed by atoms with E-state index in [4.69, 9.17) is 11.0 Å². The minimum Gasteiger partial charge on any atom is -0.396 e. The summed E-state index contributed by atoms with van der Waals surface area (Å²) < 4.78 is 0. The molecule has 0 aromatic carbocycles. The van der Waals surface area contributed by atoms with Gasteiger partial charge in [-0.1, -0.05) is 6.92 Å². The number of nitrogens with zero attached hydrogens (tertiary/aromatic N) is 2. The molecule has 1 rings (SSSR count). The molecule has 0 fully saturated rings. The molecule has 0 radical (unpaired) electrons. The molecule has 14 heavy (non-hydrogen) atoms. The molecule has 74 valence electrons. The van der Waals surface area contributed by atoms with Crippen molar-refractivity contribution in [3.63, 3.8) is 0 Å². The van der Waals surface area contributed by atoms with Gasteiger partial charge in [-0.05, 0) is 19.4 Å². The van der Waals surface area contributed by atoms with Gasteiger partial charge in [0.2, 0.25) is 0 Å². The van der Waals surface area contributed by atoms with Gasteiger partial charge in [0.1, 0.15) is 11.9 Å². The van der Waals surface area contributed by atoms with Crippen LogP contribution in [0.5, 0.6) is 0 Å². The van der Waals surface area contributed by atoms with Crippen molar-refractivity contribution in [1.29, 1.82) is 5.26 Å². The average molecular weight is 190 g/mol. The quantitative estimate of drug-likeness (QED) is 0.761. The van der Waals surface area contributed by atoms with E-state index in [-0.39, 0.29) is 0 Å². The number of nitrogens with one attached hydrogen (secondary N) is 1. The van der Waals surface area contributed by atoms with Gasteiger partial charge in [-0.15, -0.1) is 0 Å². The van der Waals surface area contributed by atoms with Gasteiger partial charge >= 0.3 is 0 Å². The van der Waals surface area contributed by atoms with Crippen LogP contribution < -0.4 is 11.1 Å². The van der Waals surface area contributed by atoms with E-state index < -0.39 is 0 Å². The fourth-order valence-corrected chi connectivity index (χ4v) is 0.999. The van der Waals surface area contributed by atoms with Gasteiger partial charge in [0, 0.05) is 12.2 Å². The van der Waals surface area contributed by atoms with Crippen LogP contribution in [0.25, 0.3) is 0 Å². The average Bonchev–Trinajstić information content (AvgIpc) is 2.20. The van der Waals surface area contributed by atoms with Crippen molar-refractivity contribution in [3.8, 4) is 6.07 Å². The van der Waals surface area contributed by atoms with E-state index in [1.807, 2.05) is 6.07 Å². The van der Waals surface area contributed by atoms with Gasteiger partial charge in [-0.2, -0.15) is 5.26 Å². The van der Waals surface area contributed by atoms with Crippen molar-refractivity contribution >= 4 is 11.5 Å². The summed E-state index contributed by atoms with van der Waals surface area (Å²) >= 11 is 0. The highest BCUT2D eigenvalue weighted by Crippen LogP contribution is 2.17. The molecule has 0 saturated heterocycles. The number of hydrogen-bond donors (Lipinski definition) is 2. The van der Waals surface area contributed by atoms with Crippen LogP contribution in [-0.4, -0.2) is 11.0 Å². The first kappa shape index (κ1) is 10.3. The Balaban J connectivity index is 2.85. The van der Waals surface area contributed by atoms with E-state index in [0.717, 1.165) is 6.42 Å². The highest BCUT2D eigenvalue weighted by Gasteiger charge is 2.04. The third-order valence-corrected chi connectivity index (χ3v) is 2.04. The van der Waals surface area contributed by atoms with Crippen molar-refractivity contribution in [1.82, 2.24) is 4.98 Å². The molecule has 0 bridgehead atoms. The van der Waals surface area contributed by atoms with E-state index in [9.17, 15) is 0 Å². The zero-order valence-electron chi connectivity index (χ0n) is 8.41. The Kier molecular flexibility index (Phi) is 3.29. The lowest BCUT2D eigenvalue weighted by molar-refractivity contribution is 0.759. The molecule has 1 aromatic heterocycles. The van der Waals surface area contributed by atoms with Crippen LogP contribution in [-0.2, 0) is 0 Å². The number of pyridine rings is 1. The van der Waals surface area contributed by atoms with Crippen LogP contribution in [0, 0.1) is 11.3 Å². The van der Waals surface area contributed by atoms with Gasteiger partial charge in [0.15, 0.2) is 0 Å². The van der Waals surface area contributed by atoms with Gasteiger partial charge < -0.3 is 11.1 Å². The number of nitriles is 1. The summed E-state index contributed by atoms with van der Waals surface area (Å²) in [7, 11) is 0. The Hall–Kier alpha value is -1.76. The molecule has 3 N–H and O–H groups in total. The number of nitrogens with two attached hydrogens (primary N) is 1. The number of hydrogen-bond acceptors (Lipinski definition) is 4. The number of rotatable bonds is 3. The van der Waals surface area contributed by atoms with Crippen LogP contribution >= 0.6 is 0 Å². The summed E-state index contributed by atoms with van der Waals surface area (Å²) in [4.78, 5) is 4.08. The van der Waals surface area contributed by atoms with E-state index in [2.05, 4.69) is 24.1 Å². The summed E-state index contributed by atoms with van der Waals surface area (Å²) in [5, 5.41) is 11.8. The number of anilines is 2. The Morgan fingerprint density at radius 2 is 2.43 bits per heavy atom. The Bertz CT molecular complexity index is 354. The number of aromatic nitrogens is 1. The van der Waals surface area contributed by atoms with Crippen LogP contribution in [0.4, 0.5) is 11.5 Å². The van der Waals surface area contributed by atoms with Crippen molar-refractivity contribution in [2.24, 2.45) is 0 Å². The molecular formula is C10H14N4. The molecule has 1 atom stereocenters. The summed E-state index contributed by atoms with van der Waals surface area (Å²) in [6, 6.07) is 3.95. The van der Waals surface area contributed by atoms with E-state index in [1.165, 1.54) is 6.20 Å². The Labute approximate surface area is 83.8 Å². The van der Waals surface area contributed by atoms with E-state index >= 15 is 0 Å². The topological polar surface area (TPSA) is 74.7 Å². The lowest BCUT2D eigenvalue weighted by Gasteiger charge is -2.13. The second-order valence-electron chi connectivity index (χ2n) is 3.23. The Morgan fingerprint density at radius 3 is 2.93 bits per heavy atom. The summed E-state index contributed by atoms with van der Waals surface area (Å²) in [6.45, 7) is 4.14. The van der Waals surface area contributed by atoms with Gasteiger partial charge in [-0.3, -0.25) is 0 Å². The normalized spacial score (nSPS) is 11.8. The molecule has 0 saturated carbocycles. The van der Waals surface area contributed by atoms with Gasteiger partial charge in [-0.25, -0.2) is 4.98 Å². The fourth-order valence-electron chi connectivity index (χ4n) is 0.999. The maximum Gasteiger partial charge on any atom is 0.149 e. The number of nitrogen functional groups attached to an aromatic ring is 1. The molecule has 0 amide bonds. The molecule has 0 spiro atoms.